The zero-order valence-electron chi connectivity index (χ0n) is 10.3. The third-order valence-corrected chi connectivity index (χ3v) is 4.01. The molecule has 0 aliphatic carbocycles. The van der Waals surface area contributed by atoms with Gasteiger partial charge in [0.1, 0.15) is 5.82 Å². The highest BCUT2D eigenvalue weighted by Gasteiger charge is 2.19. The van der Waals surface area contributed by atoms with Gasteiger partial charge in [0.05, 0.1) is 6.04 Å². The molecule has 0 saturated carbocycles. The van der Waals surface area contributed by atoms with Crippen LogP contribution in [0.25, 0.3) is 0 Å². The van der Waals surface area contributed by atoms with Crippen molar-refractivity contribution in [2.45, 2.75) is 13.0 Å². The quantitative estimate of drug-likeness (QED) is 0.830. The zero-order valence-corrected chi connectivity index (χ0v) is 13.2. The number of nitrogens with one attached hydrogen (secondary N) is 1. The van der Waals surface area contributed by atoms with Crippen LogP contribution in [0.1, 0.15) is 24.4 Å². The maximum absolute atomic E-state index is 6.10. The Labute approximate surface area is 126 Å². The van der Waals surface area contributed by atoms with Crippen LogP contribution in [0.4, 0.5) is 0 Å². The smallest absolute Gasteiger partial charge is 0.130 e. The molecular weight excluding hydrogens is 361 g/mol. The minimum absolute atomic E-state index is 0.0700. The maximum Gasteiger partial charge on any atom is 0.130 e. The van der Waals surface area contributed by atoms with E-state index in [4.69, 9.17) is 11.6 Å². The molecule has 1 aromatic carbocycles. The molecule has 1 heterocycles. The summed E-state index contributed by atoms with van der Waals surface area (Å²) in [5.41, 5.74) is 1.17. The van der Waals surface area contributed by atoms with Crippen LogP contribution in [-0.4, -0.2) is 16.1 Å². The highest BCUT2D eigenvalue weighted by atomic mass is 127. The predicted octanol–water partition coefficient (Wildman–Crippen LogP) is 3.38. The molecule has 0 bridgehead atoms. The van der Waals surface area contributed by atoms with Crippen LogP contribution in [0.2, 0.25) is 5.02 Å². The fourth-order valence-corrected chi connectivity index (χ4v) is 2.76. The molecule has 96 valence electrons. The van der Waals surface area contributed by atoms with E-state index in [0.717, 1.165) is 17.4 Å². The minimum Gasteiger partial charge on any atom is -0.336 e. The average Bonchev–Trinajstić information content (AvgIpc) is 2.76. The summed E-state index contributed by atoms with van der Waals surface area (Å²) < 4.78 is 3.22. The van der Waals surface area contributed by atoms with Gasteiger partial charge >= 0.3 is 0 Å². The van der Waals surface area contributed by atoms with Crippen LogP contribution in [0, 0.1) is 3.57 Å². The molecule has 0 fully saturated rings. The molecule has 0 spiro atoms. The van der Waals surface area contributed by atoms with Gasteiger partial charge in [0.15, 0.2) is 0 Å². The monoisotopic (exact) mass is 375 g/mol. The molecule has 0 aliphatic rings. The molecule has 2 aromatic rings. The van der Waals surface area contributed by atoms with Crippen LogP contribution < -0.4 is 5.32 Å². The number of hydrogen-bond donors (Lipinski definition) is 1. The number of rotatable bonds is 4. The molecule has 0 amide bonds. The van der Waals surface area contributed by atoms with E-state index >= 15 is 0 Å². The fourth-order valence-electron chi connectivity index (χ4n) is 1.94. The van der Waals surface area contributed by atoms with Crippen molar-refractivity contribution in [2.75, 3.05) is 6.54 Å². The lowest BCUT2D eigenvalue weighted by atomic mass is 10.1. The topological polar surface area (TPSA) is 29.9 Å². The van der Waals surface area contributed by atoms with Crippen LogP contribution in [0.3, 0.4) is 0 Å². The first-order valence-electron chi connectivity index (χ1n) is 5.79. The number of hydrogen-bond acceptors (Lipinski definition) is 2. The van der Waals surface area contributed by atoms with Crippen LogP contribution in [0.5, 0.6) is 0 Å². The van der Waals surface area contributed by atoms with E-state index in [-0.39, 0.29) is 6.04 Å². The summed E-state index contributed by atoms with van der Waals surface area (Å²) in [6, 6.07) is 6.02. The van der Waals surface area contributed by atoms with E-state index in [0.29, 0.717) is 0 Å². The van der Waals surface area contributed by atoms with Crippen molar-refractivity contribution in [2.24, 2.45) is 7.05 Å². The largest absolute Gasteiger partial charge is 0.336 e. The second-order valence-corrected chi connectivity index (χ2v) is 5.65. The fraction of sp³-hybridized carbons (Fsp3) is 0.308. The molecule has 2 rings (SSSR count). The van der Waals surface area contributed by atoms with Crippen molar-refractivity contribution < 1.29 is 0 Å². The van der Waals surface area contributed by atoms with E-state index in [2.05, 4.69) is 39.8 Å². The van der Waals surface area contributed by atoms with Crippen molar-refractivity contribution in [3.8, 4) is 0 Å². The lowest BCUT2D eigenvalue weighted by Crippen LogP contribution is -2.25. The van der Waals surface area contributed by atoms with Gasteiger partial charge in [-0.2, -0.15) is 0 Å². The first kappa shape index (κ1) is 13.8. The van der Waals surface area contributed by atoms with E-state index < -0.39 is 0 Å². The molecule has 1 atom stereocenters. The van der Waals surface area contributed by atoms with Crippen LogP contribution in [0.15, 0.2) is 30.6 Å². The first-order chi connectivity index (χ1) is 8.63. The lowest BCUT2D eigenvalue weighted by Gasteiger charge is -2.19. The number of aromatic nitrogens is 2. The first-order valence-corrected chi connectivity index (χ1v) is 7.24. The molecule has 1 unspecified atom stereocenters. The third-order valence-electron chi connectivity index (χ3n) is 2.79. The van der Waals surface area contributed by atoms with Gasteiger partial charge in [-0.1, -0.05) is 18.5 Å². The Morgan fingerprint density at radius 1 is 1.50 bits per heavy atom. The molecule has 18 heavy (non-hydrogen) atoms. The molecule has 1 N–H and O–H groups in total. The Balaban J connectivity index is 2.48. The molecule has 0 saturated heterocycles. The van der Waals surface area contributed by atoms with Gasteiger partial charge in [0, 0.05) is 28.0 Å². The zero-order chi connectivity index (χ0) is 13.1. The normalized spacial score (nSPS) is 12.7. The summed E-state index contributed by atoms with van der Waals surface area (Å²) in [7, 11) is 2.00. The van der Waals surface area contributed by atoms with Gasteiger partial charge < -0.3 is 9.88 Å². The van der Waals surface area contributed by atoms with Crippen LogP contribution in [-0.2, 0) is 7.05 Å². The summed E-state index contributed by atoms with van der Waals surface area (Å²) >= 11 is 8.44. The second-order valence-electron chi connectivity index (χ2n) is 4.05. The SMILES string of the molecule is CCNC(c1cc(Cl)ccc1I)c1nccn1C. The number of benzene rings is 1. The Morgan fingerprint density at radius 2 is 2.28 bits per heavy atom. The molecule has 3 nitrogen and oxygen atoms in total. The predicted molar refractivity (Wildman–Crippen MR) is 82.9 cm³/mol. The lowest BCUT2D eigenvalue weighted by molar-refractivity contribution is 0.575. The maximum atomic E-state index is 6.10. The summed E-state index contributed by atoms with van der Waals surface area (Å²) in [4.78, 5) is 4.44. The minimum atomic E-state index is 0.0700. The molecule has 1 aromatic heterocycles. The standard InChI is InChI=1S/C13H15ClIN3/c1-3-16-12(13-17-6-7-18(13)2)10-8-9(14)4-5-11(10)15/h4-8,12,16H,3H2,1-2H3. The molecular formula is C13H15ClIN3. The third kappa shape index (κ3) is 2.87. The van der Waals surface area contributed by atoms with E-state index in [9.17, 15) is 0 Å². The van der Waals surface area contributed by atoms with Crippen molar-refractivity contribution in [3.05, 3.63) is 50.6 Å². The Morgan fingerprint density at radius 3 is 2.89 bits per heavy atom. The summed E-state index contributed by atoms with van der Waals surface area (Å²) in [6.45, 7) is 2.97. The van der Waals surface area contributed by atoms with Crippen molar-refractivity contribution in [3.63, 3.8) is 0 Å². The van der Waals surface area contributed by atoms with Crippen molar-refractivity contribution in [1.29, 1.82) is 0 Å². The highest BCUT2D eigenvalue weighted by Crippen LogP contribution is 2.27. The van der Waals surface area contributed by atoms with E-state index in [1.165, 1.54) is 9.13 Å². The Kier molecular flexibility index (Phi) is 4.64. The van der Waals surface area contributed by atoms with Gasteiger partial charge in [-0.3, -0.25) is 0 Å². The van der Waals surface area contributed by atoms with Gasteiger partial charge in [0.2, 0.25) is 0 Å². The molecule has 0 aliphatic heterocycles. The Hall–Kier alpha value is -0.590. The molecule has 5 heteroatoms. The van der Waals surface area contributed by atoms with E-state index in [1.54, 1.807) is 0 Å². The van der Waals surface area contributed by atoms with Gasteiger partial charge in [-0.05, 0) is 52.9 Å². The summed E-state index contributed by atoms with van der Waals surface area (Å²) in [6.07, 6.45) is 3.77. The van der Waals surface area contributed by atoms with Crippen molar-refractivity contribution >= 4 is 34.2 Å². The number of halogens is 2. The van der Waals surface area contributed by atoms with Crippen molar-refractivity contribution in [1.82, 2.24) is 14.9 Å². The number of aryl methyl sites for hydroxylation is 1. The summed E-state index contributed by atoms with van der Waals surface area (Å²) in [5.74, 6) is 0.997. The average molecular weight is 376 g/mol. The molecule has 0 radical (unpaired) electrons. The second kappa shape index (κ2) is 6.04. The van der Waals surface area contributed by atoms with E-state index in [1.807, 2.05) is 42.2 Å². The van der Waals surface area contributed by atoms with Gasteiger partial charge in [0.25, 0.3) is 0 Å². The van der Waals surface area contributed by atoms with Gasteiger partial charge in [-0.15, -0.1) is 0 Å². The highest BCUT2D eigenvalue weighted by molar-refractivity contribution is 14.1. The van der Waals surface area contributed by atoms with Gasteiger partial charge in [-0.25, -0.2) is 4.98 Å². The Bertz CT molecular complexity index is 539. The number of imidazole rings is 1. The number of nitrogens with zero attached hydrogens (tertiary/aromatic N) is 2. The summed E-state index contributed by atoms with van der Waals surface area (Å²) in [5, 5.41) is 4.22. The van der Waals surface area contributed by atoms with Crippen LogP contribution >= 0.6 is 34.2 Å².